The number of alkyl halides is 1. The quantitative estimate of drug-likeness (QED) is 0.755. The first kappa shape index (κ1) is 12.9. The van der Waals surface area contributed by atoms with Crippen LogP contribution >= 0.6 is 11.6 Å². The Bertz CT molecular complexity index is 482. The van der Waals surface area contributed by atoms with Gasteiger partial charge in [0.2, 0.25) is 5.89 Å². The van der Waals surface area contributed by atoms with Crippen LogP contribution in [0, 0.1) is 0 Å². The Balaban J connectivity index is 1.97. The number of rotatable bonds is 6. The maximum Gasteiger partial charge on any atom is 0.226 e. The Kier molecular flexibility index (Phi) is 4.59. The van der Waals surface area contributed by atoms with Crippen molar-refractivity contribution >= 4 is 11.6 Å². The van der Waals surface area contributed by atoms with Crippen LogP contribution < -0.4 is 4.74 Å². The van der Waals surface area contributed by atoms with Gasteiger partial charge in [-0.3, -0.25) is 0 Å². The van der Waals surface area contributed by atoms with Gasteiger partial charge < -0.3 is 9.26 Å². The maximum atomic E-state index is 5.61. The van der Waals surface area contributed by atoms with E-state index in [1.807, 2.05) is 24.3 Å². The first-order chi connectivity index (χ1) is 8.81. The van der Waals surface area contributed by atoms with E-state index in [1.165, 1.54) is 0 Å². The first-order valence-corrected chi connectivity index (χ1v) is 6.35. The van der Waals surface area contributed by atoms with Crippen molar-refractivity contribution < 1.29 is 9.26 Å². The zero-order valence-electron chi connectivity index (χ0n) is 10.2. The van der Waals surface area contributed by atoms with Crippen molar-refractivity contribution in [3.05, 3.63) is 41.5 Å². The molecule has 0 aliphatic carbocycles. The molecule has 1 aromatic carbocycles. The lowest BCUT2D eigenvalue weighted by atomic mass is 10.1. The molecule has 0 saturated carbocycles. The summed E-state index contributed by atoms with van der Waals surface area (Å²) in [6.07, 6.45) is 2.25. The van der Waals surface area contributed by atoms with Gasteiger partial charge in [0.15, 0.2) is 5.82 Å². The molecule has 0 unspecified atom stereocenters. The van der Waals surface area contributed by atoms with E-state index in [-0.39, 0.29) is 0 Å². The number of halogens is 1. The predicted molar refractivity (Wildman–Crippen MR) is 69.1 cm³/mol. The van der Waals surface area contributed by atoms with Crippen LogP contribution in [0.3, 0.4) is 0 Å². The molecular formula is C13H15ClN2O2. The Labute approximate surface area is 111 Å². The SMILES string of the molecule is COc1ccc(Cc2noc(CCCCl)n2)cc1. The molecule has 18 heavy (non-hydrogen) atoms. The predicted octanol–water partition coefficient (Wildman–Crippen LogP) is 2.84. The van der Waals surface area contributed by atoms with Crippen molar-refractivity contribution in [1.82, 2.24) is 10.1 Å². The molecule has 0 bridgehead atoms. The summed E-state index contributed by atoms with van der Waals surface area (Å²) in [4.78, 5) is 4.32. The summed E-state index contributed by atoms with van der Waals surface area (Å²) in [5, 5.41) is 3.95. The molecule has 5 heteroatoms. The summed E-state index contributed by atoms with van der Waals surface area (Å²) in [5.41, 5.74) is 1.13. The smallest absolute Gasteiger partial charge is 0.226 e. The van der Waals surface area contributed by atoms with Gasteiger partial charge in [-0.25, -0.2) is 0 Å². The van der Waals surface area contributed by atoms with Crippen LogP contribution in [-0.4, -0.2) is 23.1 Å². The molecular weight excluding hydrogens is 252 g/mol. The molecule has 0 spiro atoms. The monoisotopic (exact) mass is 266 g/mol. The molecule has 4 nitrogen and oxygen atoms in total. The van der Waals surface area contributed by atoms with Gasteiger partial charge in [-0.15, -0.1) is 11.6 Å². The van der Waals surface area contributed by atoms with Crippen LogP contribution in [0.4, 0.5) is 0 Å². The molecule has 0 aliphatic heterocycles. The standard InChI is InChI=1S/C13H15ClN2O2/c1-17-11-6-4-10(5-7-11)9-12-15-13(18-16-12)3-2-8-14/h4-7H,2-3,8-9H2,1H3. The van der Waals surface area contributed by atoms with Crippen LogP contribution in [0.15, 0.2) is 28.8 Å². The third-order valence-corrected chi connectivity index (χ3v) is 2.82. The molecule has 2 aromatic rings. The molecule has 1 aromatic heterocycles. The van der Waals surface area contributed by atoms with Gasteiger partial charge in [0, 0.05) is 18.7 Å². The Morgan fingerprint density at radius 2 is 2.06 bits per heavy atom. The molecule has 0 radical (unpaired) electrons. The van der Waals surface area contributed by atoms with Gasteiger partial charge in [-0.1, -0.05) is 17.3 Å². The lowest BCUT2D eigenvalue weighted by Crippen LogP contribution is -1.92. The number of ether oxygens (including phenoxy) is 1. The second-order valence-corrected chi connectivity index (χ2v) is 4.30. The second kappa shape index (κ2) is 6.40. The number of aromatic nitrogens is 2. The minimum atomic E-state index is 0.607. The van der Waals surface area contributed by atoms with Crippen LogP contribution in [-0.2, 0) is 12.8 Å². The van der Waals surface area contributed by atoms with E-state index in [0.29, 0.717) is 24.0 Å². The zero-order chi connectivity index (χ0) is 12.8. The average molecular weight is 267 g/mol. The number of hydrogen-bond acceptors (Lipinski definition) is 4. The molecule has 0 atom stereocenters. The summed E-state index contributed by atoms with van der Waals surface area (Å²) in [5.74, 6) is 2.80. The van der Waals surface area contributed by atoms with E-state index in [9.17, 15) is 0 Å². The largest absolute Gasteiger partial charge is 0.497 e. The van der Waals surface area contributed by atoms with Gasteiger partial charge in [0.1, 0.15) is 5.75 Å². The lowest BCUT2D eigenvalue weighted by molar-refractivity contribution is 0.373. The van der Waals surface area contributed by atoms with Crippen molar-refractivity contribution in [3.8, 4) is 5.75 Å². The average Bonchev–Trinajstić information content (AvgIpc) is 2.85. The van der Waals surface area contributed by atoms with Crippen LogP contribution in [0.1, 0.15) is 23.7 Å². The van der Waals surface area contributed by atoms with Gasteiger partial charge in [-0.05, 0) is 24.1 Å². The minimum Gasteiger partial charge on any atom is -0.497 e. The molecule has 1 heterocycles. The second-order valence-electron chi connectivity index (χ2n) is 3.92. The fourth-order valence-electron chi connectivity index (χ4n) is 1.61. The van der Waals surface area contributed by atoms with Crippen LogP contribution in [0.5, 0.6) is 5.75 Å². The minimum absolute atomic E-state index is 0.607. The van der Waals surface area contributed by atoms with Crippen LogP contribution in [0.25, 0.3) is 0 Å². The first-order valence-electron chi connectivity index (χ1n) is 5.82. The third kappa shape index (κ3) is 3.47. The molecule has 0 saturated heterocycles. The van der Waals surface area contributed by atoms with E-state index < -0.39 is 0 Å². The lowest BCUT2D eigenvalue weighted by Gasteiger charge is -2.00. The Hall–Kier alpha value is -1.55. The highest BCUT2D eigenvalue weighted by Gasteiger charge is 2.06. The molecule has 0 fully saturated rings. The van der Waals surface area contributed by atoms with E-state index in [1.54, 1.807) is 7.11 Å². The summed E-state index contributed by atoms with van der Waals surface area (Å²) in [6.45, 7) is 0. The van der Waals surface area contributed by atoms with Gasteiger partial charge in [0.25, 0.3) is 0 Å². The number of hydrogen-bond donors (Lipinski definition) is 0. The Morgan fingerprint density at radius 1 is 1.28 bits per heavy atom. The van der Waals surface area contributed by atoms with Crippen molar-refractivity contribution in [2.45, 2.75) is 19.3 Å². The third-order valence-electron chi connectivity index (χ3n) is 2.56. The number of nitrogens with zero attached hydrogens (tertiary/aromatic N) is 2. The van der Waals surface area contributed by atoms with E-state index in [2.05, 4.69) is 10.1 Å². The molecule has 2 rings (SSSR count). The van der Waals surface area contributed by atoms with Crippen molar-refractivity contribution in [3.63, 3.8) is 0 Å². The van der Waals surface area contributed by atoms with Gasteiger partial charge >= 0.3 is 0 Å². The fraction of sp³-hybridized carbons (Fsp3) is 0.385. The number of methoxy groups -OCH3 is 1. The summed E-state index contributed by atoms with van der Waals surface area (Å²) in [7, 11) is 1.65. The Morgan fingerprint density at radius 3 is 2.72 bits per heavy atom. The molecule has 0 aliphatic rings. The van der Waals surface area contributed by atoms with Gasteiger partial charge in [0.05, 0.1) is 7.11 Å². The van der Waals surface area contributed by atoms with E-state index >= 15 is 0 Å². The molecule has 96 valence electrons. The van der Waals surface area contributed by atoms with Crippen molar-refractivity contribution in [1.29, 1.82) is 0 Å². The summed E-state index contributed by atoms with van der Waals surface area (Å²) in [6, 6.07) is 7.83. The van der Waals surface area contributed by atoms with E-state index in [0.717, 1.165) is 24.2 Å². The molecule has 0 amide bonds. The molecule has 0 N–H and O–H groups in total. The van der Waals surface area contributed by atoms with E-state index in [4.69, 9.17) is 20.9 Å². The van der Waals surface area contributed by atoms with Gasteiger partial charge in [-0.2, -0.15) is 4.98 Å². The fourth-order valence-corrected chi connectivity index (χ4v) is 1.74. The number of aryl methyl sites for hydroxylation is 1. The van der Waals surface area contributed by atoms with Crippen molar-refractivity contribution in [2.75, 3.05) is 13.0 Å². The zero-order valence-corrected chi connectivity index (χ0v) is 11.0. The topological polar surface area (TPSA) is 48.2 Å². The maximum absolute atomic E-state index is 5.61. The normalized spacial score (nSPS) is 10.6. The highest BCUT2D eigenvalue weighted by Crippen LogP contribution is 2.14. The van der Waals surface area contributed by atoms with Crippen LogP contribution in [0.2, 0.25) is 0 Å². The van der Waals surface area contributed by atoms with Crippen molar-refractivity contribution in [2.24, 2.45) is 0 Å². The highest BCUT2D eigenvalue weighted by atomic mass is 35.5. The summed E-state index contributed by atoms with van der Waals surface area (Å²) < 4.78 is 10.2. The number of benzene rings is 1. The summed E-state index contributed by atoms with van der Waals surface area (Å²) >= 11 is 5.61. The highest BCUT2D eigenvalue weighted by molar-refractivity contribution is 6.17.